The zero-order chi connectivity index (χ0) is 9.10. The van der Waals surface area contributed by atoms with Crippen LogP contribution in [0.1, 0.15) is 5.56 Å². The summed E-state index contributed by atoms with van der Waals surface area (Å²) in [4.78, 5) is 4.82. The number of hydrogen-bond donors (Lipinski definition) is 1. The lowest BCUT2D eigenvalue weighted by atomic mass is 10.2. The van der Waals surface area contributed by atoms with Gasteiger partial charge in [0.05, 0.1) is 7.11 Å². The third-order valence-electron chi connectivity index (χ3n) is 1.97. The molecule has 0 unspecified atom stereocenters. The Morgan fingerprint density at radius 1 is 1.38 bits per heavy atom. The van der Waals surface area contributed by atoms with Crippen LogP contribution < -0.4 is 5.48 Å². The van der Waals surface area contributed by atoms with Gasteiger partial charge in [-0.05, 0) is 22.4 Å². The summed E-state index contributed by atoms with van der Waals surface area (Å²) >= 11 is 1.77. The first-order chi connectivity index (χ1) is 6.42. The maximum absolute atomic E-state index is 4.82. The van der Waals surface area contributed by atoms with Crippen molar-refractivity contribution in [3.63, 3.8) is 0 Å². The average molecular weight is 193 g/mol. The van der Waals surface area contributed by atoms with Gasteiger partial charge in [0.1, 0.15) is 0 Å². The number of thiophene rings is 1. The standard InChI is InChI=1S/C10H11NOS/c1-12-11-6-8-7-13-10-5-3-2-4-9(8)10/h2-5,7,11H,6H2,1H3. The Balaban J connectivity index is 2.35. The van der Waals surface area contributed by atoms with Crippen molar-refractivity contribution in [1.82, 2.24) is 5.48 Å². The summed E-state index contributed by atoms with van der Waals surface area (Å²) in [5.74, 6) is 0. The maximum Gasteiger partial charge on any atom is 0.0572 e. The molecular formula is C10H11NOS. The molecule has 0 amide bonds. The minimum Gasteiger partial charge on any atom is -0.305 e. The lowest BCUT2D eigenvalue weighted by Gasteiger charge is -1.99. The summed E-state index contributed by atoms with van der Waals surface area (Å²) < 4.78 is 1.33. The topological polar surface area (TPSA) is 21.3 Å². The van der Waals surface area contributed by atoms with Crippen molar-refractivity contribution < 1.29 is 4.84 Å². The second-order valence-corrected chi connectivity index (χ2v) is 3.69. The fraction of sp³-hybridized carbons (Fsp3) is 0.200. The fourth-order valence-electron chi connectivity index (χ4n) is 1.32. The fourth-order valence-corrected chi connectivity index (χ4v) is 2.28. The van der Waals surface area contributed by atoms with Crippen LogP contribution in [0.5, 0.6) is 0 Å². The summed E-state index contributed by atoms with van der Waals surface area (Å²) in [5, 5.41) is 3.48. The molecule has 0 radical (unpaired) electrons. The zero-order valence-electron chi connectivity index (χ0n) is 7.41. The van der Waals surface area contributed by atoms with Crippen LogP contribution in [0, 0.1) is 0 Å². The van der Waals surface area contributed by atoms with E-state index in [9.17, 15) is 0 Å². The Kier molecular flexibility index (Phi) is 2.59. The average Bonchev–Trinajstić information content (AvgIpc) is 2.58. The molecule has 0 aliphatic heterocycles. The lowest BCUT2D eigenvalue weighted by Crippen LogP contribution is -2.09. The lowest BCUT2D eigenvalue weighted by molar-refractivity contribution is 0.0871. The quantitative estimate of drug-likeness (QED) is 0.756. The van der Waals surface area contributed by atoms with Crippen molar-refractivity contribution in [2.24, 2.45) is 0 Å². The van der Waals surface area contributed by atoms with Crippen LogP contribution in [-0.2, 0) is 11.4 Å². The molecule has 0 saturated heterocycles. The van der Waals surface area contributed by atoms with E-state index in [1.807, 2.05) is 0 Å². The Morgan fingerprint density at radius 3 is 3.08 bits per heavy atom. The van der Waals surface area contributed by atoms with Gasteiger partial charge in [0.15, 0.2) is 0 Å². The Labute approximate surface area is 81.1 Å². The molecule has 3 heteroatoms. The first-order valence-electron chi connectivity index (χ1n) is 4.13. The van der Waals surface area contributed by atoms with Gasteiger partial charge >= 0.3 is 0 Å². The predicted molar refractivity (Wildman–Crippen MR) is 55.7 cm³/mol. The molecular weight excluding hydrogens is 182 g/mol. The van der Waals surface area contributed by atoms with Gasteiger partial charge < -0.3 is 4.84 Å². The molecule has 0 bridgehead atoms. The first-order valence-corrected chi connectivity index (χ1v) is 5.00. The second-order valence-electron chi connectivity index (χ2n) is 2.78. The molecule has 0 aliphatic carbocycles. The molecule has 1 N–H and O–H groups in total. The molecule has 0 atom stereocenters. The van der Waals surface area contributed by atoms with Crippen molar-refractivity contribution in [1.29, 1.82) is 0 Å². The van der Waals surface area contributed by atoms with Crippen LogP contribution in [0.3, 0.4) is 0 Å². The van der Waals surface area contributed by atoms with E-state index in [4.69, 9.17) is 4.84 Å². The van der Waals surface area contributed by atoms with Crippen LogP contribution in [-0.4, -0.2) is 7.11 Å². The van der Waals surface area contributed by atoms with E-state index >= 15 is 0 Å². The van der Waals surface area contributed by atoms with Crippen molar-refractivity contribution in [3.05, 3.63) is 35.2 Å². The summed E-state index contributed by atoms with van der Waals surface area (Å²) in [7, 11) is 1.63. The molecule has 2 aromatic rings. The molecule has 0 saturated carbocycles. The molecule has 0 fully saturated rings. The molecule has 2 rings (SSSR count). The van der Waals surface area contributed by atoms with E-state index in [1.54, 1.807) is 18.4 Å². The van der Waals surface area contributed by atoms with Crippen molar-refractivity contribution in [2.75, 3.05) is 7.11 Å². The van der Waals surface area contributed by atoms with Gasteiger partial charge in [0, 0.05) is 11.2 Å². The van der Waals surface area contributed by atoms with Gasteiger partial charge in [-0.15, -0.1) is 11.3 Å². The van der Waals surface area contributed by atoms with Crippen LogP contribution in [0.15, 0.2) is 29.6 Å². The molecule has 68 valence electrons. The second kappa shape index (κ2) is 3.87. The van der Waals surface area contributed by atoms with Crippen LogP contribution in [0.2, 0.25) is 0 Å². The first kappa shape index (κ1) is 8.69. The highest BCUT2D eigenvalue weighted by molar-refractivity contribution is 7.17. The minimum atomic E-state index is 0.764. The Hall–Kier alpha value is -0.900. The van der Waals surface area contributed by atoms with Crippen molar-refractivity contribution in [2.45, 2.75) is 6.54 Å². The van der Waals surface area contributed by atoms with E-state index in [-0.39, 0.29) is 0 Å². The monoisotopic (exact) mass is 193 g/mol. The number of nitrogens with one attached hydrogen (secondary N) is 1. The van der Waals surface area contributed by atoms with Gasteiger partial charge in [-0.2, -0.15) is 5.48 Å². The number of fused-ring (bicyclic) bond motifs is 1. The molecule has 0 spiro atoms. The highest BCUT2D eigenvalue weighted by Crippen LogP contribution is 2.25. The van der Waals surface area contributed by atoms with E-state index in [2.05, 4.69) is 35.1 Å². The van der Waals surface area contributed by atoms with Crippen LogP contribution >= 0.6 is 11.3 Å². The van der Waals surface area contributed by atoms with E-state index in [0.29, 0.717) is 0 Å². The Bertz CT molecular complexity index is 396. The van der Waals surface area contributed by atoms with Gasteiger partial charge in [0.25, 0.3) is 0 Å². The third kappa shape index (κ3) is 1.72. The van der Waals surface area contributed by atoms with Crippen molar-refractivity contribution in [3.8, 4) is 0 Å². The zero-order valence-corrected chi connectivity index (χ0v) is 8.23. The molecule has 13 heavy (non-hydrogen) atoms. The molecule has 1 heterocycles. The highest BCUT2D eigenvalue weighted by Gasteiger charge is 2.01. The van der Waals surface area contributed by atoms with E-state index in [1.165, 1.54) is 15.6 Å². The van der Waals surface area contributed by atoms with Gasteiger partial charge in [-0.25, -0.2) is 0 Å². The van der Waals surface area contributed by atoms with Crippen LogP contribution in [0.4, 0.5) is 0 Å². The SMILES string of the molecule is CONCc1csc2ccccc12. The van der Waals surface area contributed by atoms with Crippen LogP contribution in [0.25, 0.3) is 10.1 Å². The summed E-state index contributed by atoms with van der Waals surface area (Å²) in [6.45, 7) is 0.764. The van der Waals surface area contributed by atoms with E-state index in [0.717, 1.165) is 6.54 Å². The smallest absolute Gasteiger partial charge is 0.0572 e. The molecule has 1 aromatic carbocycles. The number of hydrogen-bond acceptors (Lipinski definition) is 3. The predicted octanol–water partition coefficient (Wildman–Crippen LogP) is 2.55. The van der Waals surface area contributed by atoms with Gasteiger partial charge in [-0.1, -0.05) is 18.2 Å². The highest BCUT2D eigenvalue weighted by atomic mass is 32.1. The normalized spacial score (nSPS) is 10.8. The maximum atomic E-state index is 4.82. The van der Waals surface area contributed by atoms with Gasteiger partial charge in [-0.3, -0.25) is 0 Å². The van der Waals surface area contributed by atoms with Crippen molar-refractivity contribution >= 4 is 21.4 Å². The summed E-state index contributed by atoms with van der Waals surface area (Å²) in [5.41, 5.74) is 4.14. The molecule has 2 nitrogen and oxygen atoms in total. The third-order valence-corrected chi connectivity index (χ3v) is 2.98. The summed E-state index contributed by atoms with van der Waals surface area (Å²) in [6.07, 6.45) is 0. The largest absolute Gasteiger partial charge is 0.305 e. The molecule has 0 aliphatic rings. The van der Waals surface area contributed by atoms with Gasteiger partial charge in [0.2, 0.25) is 0 Å². The number of rotatable bonds is 3. The number of benzene rings is 1. The minimum absolute atomic E-state index is 0.764. The Morgan fingerprint density at radius 2 is 2.23 bits per heavy atom. The summed E-state index contributed by atoms with van der Waals surface area (Å²) in [6, 6.07) is 8.40. The number of hydroxylamine groups is 1. The molecule has 1 aromatic heterocycles. The van der Waals surface area contributed by atoms with E-state index < -0.39 is 0 Å².